The van der Waals surface area contributed by atoms with E-state index in [-0.39, 0.29) is 65.2 Å². The Hall–Kier alpha value is -1.51. The second-order valence-electron chi connectivity index (χ2n) is 7.49. The first-order valence-electron chi connectivity index (χ1n) is 10.4. The average molecular weight is 466 g/mol. The molecule has 1 fully saturated rings. The van der Waals surface area contributed by atoms with Gasteiger partial charge >= 0.3 is 59.1 Å². The Morgan fingerprint density at radius 2 is 1.73 bits per heavy atom. The maximum absolute atomic E-state index is 5.54. The van der Waals surface area contributed by atoms with Crippen LogP contribution in [0, 0.1) is 6.92 Å². The van der Waals surface area contributed by atoms with Crippen molar-refractivity contribution >= 4 is 5.69 Å². The quantitative estimate of drug-likeness (QED) is 0.0962. The summed E-state index contributed by atoms with van der Waals surface area (Å²) in [4.78, 5) is 2.29. The van der Waals surface area contributed by atoms with Crippen molar-refractivity contribution in [1.29, 1.82) is 0 Å². The van der Waals surface area contributed by atoms with Crippen molar-refractivity contribution < 1.29 is 59.1 Å². The fraction of sp³-hybridized carbons (Fsp3) is 0.240. The molecule has 0 saturated carbocycles. The number of para-hydroxylation sites is 1. The molecule has 1 aliphatic rings. The number of nitrogens with two attached hydrogens (primary N) is 3. The summed E-state index contributed by atoms with van der Waals surface area (Å²) in [6.07, 6.45) is 4.32. The van der Waals surface area contributed by atoms with Gasteiger partial charge in [0.25, 0.3) is 0 Å². The van der Waals surface area contributed by atoms with E-state index in [0.717, 1.165) is 54.3 Å². The standard InChI is InChI=1S/C18H27N5.C7H8N.2Na/c1-14(11-17(12-19)22-20)23-10-6-9-18(23)15(2)21-13-16-7-4-3-5-8-16;1-6-4-2-3-5-7(6)8;;/h3-5,7-8,12,18,21-22H,1-2,6,9-11,13,19-20H2;2-5H,1,8H2;;/q;-1;2*+1/b17-12-;;;. The molecule has 0 spiro atoms. The number of benzene rings is 2. The van der Waals surface area contributed by atoms with Crippen LogP contribution < -0.4 is 87.2 Å². The summed E-state index contributed by atoms with van der Waals surface area (Å²) in [7, 11) is 0. The Balaban J connectivity index is 0.000000870. The summed E-state index contributed by atoms with van der Waals surface area (Å²) < 4.78 is 0. The summed E-state index contributed by atoms with van der Waals surface area (Å²) in [5.41, 5.74) is 19.3. The van der Waals surface area contributed by atoms with Crippen molar-refractivity contribution in [3.05, 3.63) is 109 Å². The molecule has 8 N–H and O–H groups in total. The molecule has 2 aromatic rings. The van der Waals surface area contributed by atoms with Crippen LogP contribution in [0.1, 0.15) is 30.4 Å². The second-order valence-corrected chi connectivity index (χ2v) is 7.49. The number of anilines is 1. The van der Waals surface area contributed by atoms with Crippen LogP contribution in [0.3, 0.4) is 0 Å². The van der Waals surface area contributed by atoms with Crippen LogP contribution in [-0.4, -0.2) is 17.5 Å². The number of nitrogens with zero attached hydrogens (tertiary/aromatic N) is 1. The predicted octanol–water partition coefficient (Wildman–Crippen LogP) is -2.62. The number of hydrazine groups is 1. The number of nitrogens with one attached hydrogen (secondary N) is 2. The molecule has 1 heterocycles. The fourth-order valence-electron chi connectivity index (χ4n) is 3.45. The first-order chi connectivity index (χ1) is 15.0. The molecule has 3 rings (SSSR count). The van der Waals surface area contributed by atoms with Gasteiger partial charge in [0.05, 0.1) is 6.04 Å². The van der Waals surface area contributed by atoms with Crippen LogP contribution in [0.2, 0.25) is 0 Å². The molecule has 166 valence electrons. The Bertz CT molecular complexity index is 864. The minimum absolute atomic E-state index is 0. The van der Waals surface area contributed by atoms with Gasteiger partial charge in [-0.05, 0) is 18.4 Å². The average Bonchev–Trinajstić information content (AvgIpc) is 3.29. The van der Waals surface area contributed by atoms with Gasteiger partial charge < -0.3 is 27.1 Å². The van der Waals surface area contributed by atoms with E-state index in [9.17, 15) is 0 Å². The first kappa shape index (κ1) is 31.5. The summed E-state index contributed by atoms with van der Waals surface area (Å²) in [5.74, 6) is 5.45. The molecule has 6 nitrogen and oxygen atoms in total. The van der Waals surface area contributed by atoms with Crippen LogP contribution in [0.4, 0.5) is 5.69 Å². The molecule has 0 aliphatic carbocycles. The zero-order chi connectivity index (χ0) is 22.6. The molecule has 33 heavy (non-hydrogen) atoms. The molecule has 0 amide bonds. The largest absolute Gasteiger partial charge is 1.00 e. The Kier molecular flexibility index (Phi) is 16.2. The van der Waals surface area contributed by atoms with Gasteiger partial charge in [0.1, 0.15) is 0 Å². The number of likely N-dealkylation sites (tertiary alicyclic amines) is 1. The third kappa shape index (κ3) is 10.5. The fourth-order valence-corrected chi connectivity index (χ4v) is 3.45. The van der Waals surface area contributed by atoms with E-state index < -0.39 is 0 Å². The van der Waals surface area contributed by atoms with E-state index in [2.05, 4.69) is 47.9 Å². The monoisotopic (exact) mass is 465 g/mol. The van der Waals surface area contributed by atoms with Gasteiger partial charge in [-0.25, -0.2) is 0 Å². The minimum atomic E-state index is 0. The molecule has 0 radical (unpaired) electrons. The van der Waals surface area contributed by atoms with Crippen LogP contribution in [0.15, 0.2) is 91.0 Å². The molecule has 2 aromatic carbocycles. The van der Waals surface area contributed by atoms with Gasteiger partial charge in [-0.1, -0.05) is 61.3 Å². The molecule has 1 atom stereocenters. The Labute approximate surface area is 243 Å². The summed E-state index contributed by atoms with van der Waals surface area (Å²) in [6, 6.07) is 18.1. The Morgan fingerprint density at radius 3 is 2.27 bits per heavy atom. The van der Waals surface area contributed by atoms with Crippen LogP contribution >= 0.6 is 0 Å². The third-order valence-electron chi connectivity index (χ3n) is 5.26. The van der Waals surface area contributed by atoms with E-state index >= 15 is 0 Å². The van der Waals surface area contributed by atoms with Crippen molar-refractivity contribution in [3.63, 3.8) is 0 Å². The van der Waals surface area contributed by atoms with Gasteiger partial charge in [-0.15, -0.1) is 6.07 Å². The zero-order valence-electron chi connectivity index (χ0n) is 20.2. The maximum Gasteiger partial charge on any atom is 1.00 e. The van der Waals surface area contributed by atoms with Crippen molar-refractivity contribution in [2.75, 3.05) is 12.3 Å². The van der Waals surface area contributed by atoms with Gasteiger partial charge in [0.2, 0.25) is 0 Å². The summed E-state index contributed by atoms with van der Waals surface area (Å²) in [6.45, 7) is 13.9. The van der Waals surface area contributed by atoms with E-state index in [1.165, 1.54) is 11.8 Å². The van der Waals surface area contributed by atoms with Crippen molar-refractivity contribution in [3.8, 4) is 0 Å². The van der Waals surface area contributed by atoms with E-state index in [1.807, 2.05) is 42.5 Å². The van der Waals surface area contributed by atoms with Gasteiger partial charge in [-0.3, -0.25) is 5.84 Å². The number of hydrogen-bond acceptors (Lipinski definition) is 6. The topological polar surface area (TPSA) is 105 Å². The molecule has 1 aliphatic heterocycles. The normalized spacial score (nSPS) is 14.6. The Morgan fingerprint density at radius 1 is 1.09 bits per heavy atom. The molecular formula is C25H35N6Na2+. The summed E-state index contributed by atoms with van der Waals surface area (Å²) in [5, 5.41) is 3.45. The zero-order valence-corrected chi connectivity index (χ0v) is 24.2. The van der Waals surface area contributed by atoms with Crippen LogP contribution in [-0.2, 0) is 6.54 Å². The van der Waals surface area contributed by atoms with Crippen molar-refractivity contribution in [1.82, 2.24) is 15.6 Å². The number of hydrogen-bond donors (Lipinski definition) is 5. The van der Waals surface area contributed by atoms with E-state index in [0.29, 0.717) is 6.42 Å². The van der Waals surface area contributed by atoms with Gasteiger partial charge in [-0.2, -0.15) is 18.6 Å². The second kappa shape index (κ2) is 17.0. The van der Waals surface area contributed by atoms with Gasteiger partial charge in [0.15, 0.2) is 0 Å². The number of nitrogen functional groups attached to an aromatic ring is 1. The van der Waals surface area contributed by atoms with E-state index in [4.69, 9.17) is 17.3 Å². The van der Waals surface area contributed by atoms with Crippen molar-refractivity contribution in [2.45, 2.75) is 31.8 Å². The van der Waals surface area contributed by atoms with Crippen molar-refractivity contribution in [2.24, 2.45) is 11.6 Å². The molecular weight excluding hydrogens is 430 g/mol. The molecule has 1 saturated heterocycles. The smallest absolute Gasteiger partial charge is 0.449 e. The van der Waals surface area contributed by atoms with Crippen LogP contribution in [0.5, 0.6) is 0 Å². The first-order valence-corrected chi connectivity index (χ1v) is 10.4. The molecule has 0 bridgehead atoms. The SMILES string of the molecule is C=C(NCc1ccccc1)C1CCCN1C(=C)C/C(=C/N)NN.[CH2-]c1ccccc1N.[Na+].[Na+]. The molecule has 8 heteroatoms. The summed E-state index contributed by atoms with van der Waals surface area (Å²) >= 11 is 0. The molecule has 0 aromatic heterocycles. The van der Waals surface area contributed by atoms with Gasteiger partial charge in [0, 0.05) is 42.8 Å². The predicted molar refractivity (Wildman–Crippen MR) is 131 cm³/mol. The van der Waals surface area contributed by atoms with E-state index in [1.54, 1.807) is 0 Å². The van der Waals surface area contributed by atoms with Crippen LogP contribution in [0.25, 0.3) is 0 Å². The minimum Gasteiger partial charge on any atom is -0.449 e. The number of rotatable bonds is 8. The third-order valence-corrected chi connectivity index (χ3v) is 5.26. The molecule has 1 unspecified atom stereocenters. The maximum atomic E-state index is 5.54.